The number of rotatable bonds is 10. The molecule has 11 heteroatoms. The Balaban J connectivity index is 0.797. The second-order valence-electron chi connectivity index (χ2n) is 13.1. The van der Waals surface area contributed by atoms with Crippen molar-refractivity contribution in [2.45, 2.75) is 57.5 Å². The van der Waals surface area contributed by atoms with Crippen molar-refractivity contribution in [1.29, 1.82) is 0 Å². The van der Waals surface area contributed by atoms with E-state index in [9.17, 15) is 4.79 Å². The van der Waals surface area contributed by atoms with Crippen LogP contribution in [0.1, 0.15) is 33.6 Å². The van der Waals surface area contributed by atoms with Gasteiger partial charge in [-0.15, -0.1) is 0 Å². The van der Waals surface area contributed by atoms with E-state index in [0.29, 0.717) is 43.8 Å². The largest absolute Gasteiger partial charge is 0.490 e. The molecule has 0 spiro atoms. The van der Waals surface area contributed by atoms with Crippen molar-refractivity contribution in [2.24, 2.45) is 7.05 Å². The molecule has 244 valence electrons. The quantitative estimate of drug-likeness (QED) is 0.166. The Morgan fingerprint density at radius 3 is 2.28 bits per heavy atom. The first-order valence-electron chi connectivity index (χ1n) is 16.0. The van der Waals surface area contributed by atoms with Gasteiger partial charge in [0.2, 0.25) is 11.8 Å². The first-order chi connectivity index (χ1) is 22.7. The number of carbonyl (C=O) groups is 1. The standard InChI is InChI=1S/C36H39N5O6/c1-36(2,3)47-35(42)41-21-28(22-41)46-34-10-7-25(19-39-34)43-13-14-44-26-16-27(17-26)45-33-9-6-24(18-38-33)23-5-8-29-30-20-37-12-11-31(30)40(4)32(29)15-23/h5-12,15,18-20,26-28H,13-14,16-17,21-22H2,1-4H3. The highest BCUT2D eigenvalue weighted by molar-refractivity contribution is 6.08. The van der Waals surface area contributed by atoms with E-state index in [0.717, 1.165) is 34.9 Å². The minimum Gasteiger partial charge on any atom is -0.490 e. The number of amides is 1. The third kappa shape index (κ3) is 6.95. The summed E-state index contributed by atoms with van der Waals surface area (Å²) in [6.45, 7) is 7.40. The van der Waals surface area contributed by atoms with Gasteiger partial charge < -0.3 is 33.2 Å². The van der Waals surface area contributed by atoms with E-state index in [1.807, 2.05) is 57.6 Å². The summed E-state index contributed by atoms with van der Waals surface area (Å²) < 4.78 is 31.2. The van der Waals surface area contributed by atoms with Crippen LogP contribution in [0.3, 0.4) is 0 Å². The first-order valence-corrected chi connectivity index (χ1v) is 16.0. The van der Waals surface area contributed by atoms with Crippen LogP contribution in [0, 0.1) is 0 Å². The van der Waals surface area contributed by atoms with Gasteiger partial charge in [0.05, 0.1) is 37.5 Å². The number of ether oxygens (including phenoxy) is 5. The summed E-state index contributed by atoms with van der Waals surface area (Å²) in [6, 6.07) is 16.1. The average molecular weight is 638 g/mol. The molecule has 11 nitrogen and oxygen atoms in total. The Kier molecular flexibility index (Phi) is 8.31. The Morgan fingerprint density at radius 1 is 0.809 bits per heavy atom. The van der Waals surface area contributed by atoms with Crippen LogP contribution in [0.5, 0.6) is 17.5 Å². The van der Waals surface area contributed by atoms with Crippen LogP contribution in [0.4, 0.5) is 4.79 Å². The van der Waals surface area contributed by atoms with Crippen molar-refractivity contribution < 1.29 is 28.5 Å². The third-order valence-electron chi connectivity index (χ3n) is 8.42. The lowest BCUT2D eigenvalue weighted by Crippen LogP contribution is -2.57. The maximum absolute atomic E-state index is 12.1. The van der Waals surface area contributed by atoms with Gasteiger partial charge in [-0.05, 0) is 50.6 Å². The second-order valence-corrected chi connectivity index (χ2v) is 13.1. The van der Waals surface area contributed by atoms with Gasteiger partial charge >= 0.3 is 6.09 Å². The molecule has 1 amide bonds. The topological polar surface area (TPSA) is 110 Å². The molecule has 4 aromatic heterocycles. The van der Waals surface area contributed by atoms with Crippen molar-refractivity contribution in [3.8, 4) is 28.6 Å². The number of carbonyl (C=O) groups excluding carboxylic acids is 1. The van der Waals surface area contributed by atoms with Gasteiger partial charge in [0.1, 0.15) is 30.2 Å². The molecular formula is C36H39N5O6. The number of pyridine rings is 3. The number of hydrogen-bond donors (Lipinski definition) is 0. The lowest BCUT2D eigenvalue weighted by Gasteiger charge is -2.39. The summed E-state index contributed by atoms with van der Waals surface area (Å²) >= 11 is 0. The fourth-order valence-corrected chi connectivity index (χ4v) is 5.83. The number of nitrogens with zero attached hydrogens (tertiary/aromatic N) is 5. The maximum atomic E-state index is 12.1. The van der Waals surface area contributed by atoms with E-state index in [-0.39, 0.29) is 24.4 Å². The van der Waals surface area contributed by atoms with E-state index in [2.05, 4.69) is 50.8 Å². The predicted octanol–water partition coefficient (Wildman–Crippen LogP) is 6.19. The van der Waals surface area contributed by atoms with Gasteiger partial charge in [-0.25, -0.2) is 14.8 Å². The predicted molar refractivity (Wildman–Crippen MR) is 177 cm³/mol. The smallest absolute Gasteiger partial charge is 0.410 e. The van der Waals surface area contributed by atoms with Gasteiger partial charge in [0.15, 0.2) is 0 Å². The number of benzene rings is 1. The van der Waals surface area contributed by atoms with Crippen LogP contribution in [-0.2, 0) is 16.5 Å². The molecule has 0 unspecified atom stereocenters. The summed E-state index contributed by atoms with van der Waals surface area (Å²) in [5.41, 5.74) is 3.97. The number of aromatic nitrogens is 4. The molecule has 1 aliphatic carbocycles. The zero-order valence-corrected chi connectivity index (χ0v) is 27.1. The number of likely N-dealkylation sites (tertiary alicyclic amines) is 1. The van der Waals surface area contributed by atoms with Crippen LogP contribution in [0.15, 0.2) is 73.3 Å². The highest BCUT2D eigenvalue weighted by Crippen LogP contribution is 2.32. The SMILES string of the molecule is Cn1c2ccncc2c2ccc(-c3ccc(OC4CC(OCCOc5ccc(OC6CN(C(=O)OC(C)(C)C)C6)nc5)C4)nc3)cc21. The highest BCUT2D eigenvalue weighted by atomic mass is 16.6. The molecule has 2 fully saturated rings. The molecule has 1 aliphatic heterocycles. The summed E-state index contributed by atoms with van der Waals surface area (Å²) in [6.07, 6.45) is 8.68. The molecule has 0 atom stereocenters. The fraction of sp³-hybridized carbons (Fsp3) is 0.389. The van der Waals surface area contributed by atoms with E-state index < -0.39 is 5.60 Å². The Labute approximate surface area is 273 Å². The van der Waals surface area contributed by atoms with E-state index in [1.54, 1.807) is 17.2 Å². The van der Waals surface area contributed by atoms with E-state index >= 15 is 0 Å². The van der Waals surface area contributed by atoms with Gasteiger partial charge in [-0.1, -0.05) is 12.1 Å². The Bertz CT molecular complexity index is 1860. The van der Waals surface area contributed by atoms with Crippen LogP contribution in [0.2, 0.25) is 0 Å². The molecule has 47 heavy (non-hydrogen) atoms. The molecule has 1 saturated carbocycles. The van der Waals surface area contributed by atoms with Crippen LogP contribution >= 0.6 is 0 Å². The summed E-state index contributed by atoms with van der Waals surface area (Å²) in [5.74, 6) is 1.76. The second kappa shape index (κ2) is 12.7. The van der Waals surface area contributed by atoms with Crippen LogP contribution < -0.4 is 14.2 Å². The summed E-state index contributed by atoms with van der Waals surface area (Å²) in [4.78, 5) is 26.9. The average Bonchev–Trinajstić information content (AvgIpc) is 3.30. The molecule has 5 heterocycles. The van der Waals surface area contributed by atoms with E-state index in [4.69, 9.17) is 23.7 Å². The molecule has 0 radical (unpaired) electrons. The van der Waals surface area contributed by atoms with Gasteiger partial charge in [-0.2, -0.15) is 0 Å². The van der Waals surface area contributed by atoms with Gasteiger partial charge in [0, 0.05) is 72.5 Å². The summed E-state index contributed by atoms with van der Waals surface area (Å²) in [7, 11) is 2.08. The molecule has 0 bridgehead atoms. The first kappa shape index (κ1) is 30.7. The Morgan fingerprint density at radius 2 is 1.55 bits per heavy atom. The number of aryl methyl sites for hydroxylation is 1. The monoisotopic (exact) mass is 637 g/mol. The maximum Gasteiger partial charge on any atom is 0.410 e. The van der Waals surface area contributed by atoms with Gasteiger partial charge in [-0.3, -0.25) is 4.98 Å². The van der Waals surface area contributed by atoms with Gasteiger partial charge in [0.25, 0.3) is 0 Å². The molecule has 5 aromatic rings. The zero-order valence-electron chi connectivity index (χ0n) is 27.1. The highest BCUT2D eigenvalue weighted by Gasteiger charge is 2.35. The lowest BCUT2D eigenvalue weighted by atomic mass is 9.92. The fourth-order valence-electron chi connectivity index (χ4n) is 5.83. The molecule has 2 aliphatic rings. The van der Waals surface area contributed by atoms with Crippen LogP contribution in [0.25, 0.3) is 32.9 Å². The normalized spacial score (nSPS) is 18.1. The van der Waals surface area contributed by atoms with Crippen molar-refractivity contribution >= 4 is 27.9 Å². The molecule has 7 rings (SSSR count). The molecule has 1 aromatic carbocycles. The van der Waals surface area contributed by atoms with Crippen molar-refractivity contribution in [2.75, 3.05) is 26.3 Å². The third-order valence-corrected chi connectivity index (χ3v) is 8.42. The van der Waals surface area contributed by atoms with Crippen molar-refractivity contribution in [1.82, 2.24) is 24.4 Å². The summed E-state index contributed by atoms with van der Waals surface area (Å²) in [5, 5.41) is 2.35. The van der Waals surface area contributed by atoms with E-state index in [1.165, 1.54) is 10.9 Å². The Hall–Kier alpha value is -4.90. The van der Waals surface area contributed by atoms with Crippen molar-refractivity contribution in [3.05, 3.63) is 73.3 Å². The molecular weight excluding hydrogens is 598 g/mol. The minimum absolute atomic E-state index is 0.0867. The number of hydrogen-bond acceptors (Lipinski definition) is 9. The minimum atomic E-state index is -0.512. The zero-order chi connectivity index (χ0) is 32.5. The number of fused-ring (bicyclic) bond motifs is 3. The molecule has 1 saturated heterocycles. The lowest BCUT2D eigenvalue weighted by molar-refractivity contribution is -0.0680. The molecule has 0 N–H and O–H groups in total. The van der Waals surface area contributed by atoms with Crippen molar-refractivity contribution in [3.63, 3.8) is 0 Å². The van der Waals surface area contributed by atoms with Crippen LogP contribution in [-0.4, -0.2) is 80.7 Å².